The Bertz CT molecular complexity index is 988. The predicted octanol–water partition coefficient (Wildman–Crippen LogP) is 3.93. The highest BCUT2D eigenvalue weighted by Crippen LogP contribution is 2.21. The van der Waals surface area contributed by atoms with Crippen LogP contribution in [0.2, 0.25) is 0 Å². The number of aromatic nitrogens is 2. The third kappa shape index (κ3) is 4.79. The van der Waals surface area contributed by atoms with Gasteiger partial charge in [0, 0.05) is 49.7 Å². The molecular weight excluding hydrogens is 387 g/mol. The maximum atomic E-state index is 13.4. The molecule has 0 N–H and O–H groups in total. The van der Waals surface area contributed by atoms with Gasteiger partial charge in [0.15, 0.2) is 0 Å². The van der Waals surface area contributed by atoms with Gasteiger partial charge < -0.3 is 9.80 Å². The number of nitrogens with zero attached hydrogens (tertiary/aromatic N) is 4. The van der Waals surface area contributed by atoms with E-state index in [2.05, 4.69) is 40.5 Å². The van der Waals surface area contributed by atoms with Crippen LogP contribution < -0.4 is 4.90 Å². The van der Waals surface area contributed by atoms with Crippen LogP contribution in [0.4, 0.5) is 9.52 Å². The largest absolute Gasteiger partial charge is 0.345 e. The number of halogens is 1. The first-order valence-corrected chi connectivity index (χ1v) is 10.5. The molecule has 150 valence electrons. The molecule has 0 atom stereocenters. The monoisotopic (exact) mass is 410 g/mol. The number of carbonyl (C=O) groups is 1. The van der Waals surface area contributed by atoms with E-state index in [9.17, 15) is 9.18 Å². The molecule has 0 spiro atoms. The van der Waals surface area contributed by atoms with Gasteiger partial charge in [-0.15, -0.1) is 0 Å². The van der Waals surface area contributed by atoms with Crippen LogP contribution in [0.5, 0.6) is 0 Å². The third-order valence-electron chi connectivity index (χ3n) is 5.07. The summed E-state index contributed by atoms with van der Waals surface area (Å²) in [6.45, 7) is 4.83. The van der Waals surface area contributed by atoms with Gasteiger partial charge in [0.1, 0.15) is 11.6 Å². The van der Waals surface area contributed by atoms with E-state index in [1.807, 2.05) is 0 Å². The lowest BCUT2D eigenvalue weighted by molar-refractivity contribution is 0.0766. The maximum absolute atomic E-state index is 13.4. The number of benzene rings is 2. The molecule has 0 unspecified atom stereocenters. The van der Waals surface area contributed by atoms with Gasteiger partial charge in [-0.3, -0.25) is 4.79 Å². The smallest absolute Gasteiger partial charge is 0.254 e. The van der Waals surface area contributed by atoms with Crippen LogP contribution >= 0.6 is 11.5 Å². The normalized spacial score (nSPS) is 14.7. The van der Waals surface area contributed by atoms with E-state index < -0.39 is 0 Å². The number of amides is 1. The van der Waals surface area contributed by atoms with E-state index in [1.165, 1.54) is 34.8 Å². The molecule has 29 heavy (non-hydrogen) atoms. The van der Waals surface area contributed by atoms with Crippen LogP contribution in [0.1, 0.15) is 33.7 Å². The second kappa shape index (κ2) is 8.69. The van der Waals surface area contributed by atoms with E-state index in [-0.39, 0.29) is 11.7 Å². The van der Waals surface area contributed by atoms with Crippen LogP contribution in [-0.4, -0.2) is 46.3 Å². The fourth-order valence-electron chi connectivity index (χ4n) is 3.45. The van der Waals surface area contributed by atoms with Crippen molar-refractivity contribution in [3.8, 4) is 0 Å². The summed E-state index contributed by atoms with van der Waals surface area (Å²) < 4.78 is 18.0. The summed E-state index contributed by atoms with van der Waals surface area (Å²) in [5, 5.41) is 0.896. The van der Waals surface area contributed by atoms with E-state index in [0.717, 1.165) is 30.3 Å². The molecule has 1 saturated heterocycles. The van der Waals surface area contributed by atoms with Gasteiger partial charge in [0.05, 0.1) is 0 Å². The molecule has 7 heteroatoms. The number of hydrogen-bond donors (Lipinski definition) is 0. The molecule has 0 saturated carbocycles. The van der Waals surface area contributed by atoms with Crippen molar-refractivity contribution in [3.05, 3.63) is 76.9 Å². The summed E-state index contributed by atoms with van der Waals surface area (Å²) in [6, 6.07) is 14.3. The van der Waals surface area contributed by atoms with Crippen molar-refractivity contribution in [1.29, 1.82) is 0 Å². The minimum Gasteiger partial charge on any atom is -0.345 e. The Balaban J connectivity index is 1.39. The molecule has 3 aromatic rings. The van der Waals surface area contributed by atoms with Crippen LogP contribution in [0.25, 0.3) is 0 Å². The van der Waals surface area contributed by atoms with Crippen LogP contribution in [0.15, 0.2) is 48.5 Å². The van der Waals surface area contributed by atoms with Crippen molar-refractivity contribution < 1.29 is 9.18 Å². The average molecular weight is 411 g/mol. The minimum absolute atomic E-state index is 0.122. The fraction of sp³-hybridized carbons (Fsp3) is 0.318. The van der Waals surface area contributed by atoms with Gasteiger partial charge in [-0.25, -0.2) is 9.37 Å². The zero-order valence-corrected chi connectivity index (χ0v) is 17.2. The number of rotatable bonds is 4. The highest BCUT2D eigenvalue weighted by atomic mass is 32.1. The summed E-state index contributed by atoms with van der Waals surface area (Å²) in [6.07, 6.45) is 1.56. The van der Waals surface area contributed by atoms with E-state index in [0.29, 0.717) is 25.2 Å². The zero-order valence-electron chi connectivity index (χ0n) is 16.3. The molecule has 5 nitrogen and oxygen atoms in total. The lowest BCUT2D eigenvalue weighted by atomic mass is 10.1. The maximum Gasteiger partial charge on any atom is 0.254 e. The molecule has 1 fully saturated rings. The second-order valence-corrected chi connectivity index (χ2v) is 8.03. The molecule has 1 amide bonds. The van der Waals surface area contributed by atoms with Gasteiger partial charge >= 0.3 is 0 Å². The van der Waals surface area contributed by atoms with Gasteiger partial charge in [-0.05, 0) is 37.1 Å². The van der Waals surface area contributed by atoms with Crippen LogP contribution in [0.3, 0.4) is 0 Å². The van der Waals surface area contributed by atoms with Crippen molar-refractivity contribution in [1.82, 2.24) is 14.3 Å². The first kappa shape index (κ1) is 19.5. The Labute approximate surface area is 174 Å². The van der Waals surface area contributed by atoms with Crippen LogP contribution in [0, 0.1) is 12.7 Å². The average Bonchev–Trinajstić information content (AvgIpc) is 3.04. The lowest BCUT2D eigenvalue weighted by Crippen LogP contribution is -2.35. The van der Waals surface area contributed by atoms with Crippen molar-refractivity contribution in [2.75, 3.05) is 31.1 Å². The topological polar surface area (TPSA) is 49.3 Å². The zero-order chi connectivity index (χ0) is 20.2. The molecule has 1 aromatic heterocycles. The second-order valence-electron chi connectivity index (χ2n) is 7.30. The SMILES string of the molecule is Cc1ccc(Cc2nsc(N3CCCN(C(=O)c4cccc(F)c4)CC3)n2)cc1. The quantitative estimate of drug-likeness (QED) is 0.654. The van der Waals surface area contributed by atoms with Gasteiger partial charge in [0.25, 0.3) is 5.91 Å². The molecule has 0 aliphatic carbocycles. The van der Waals surface area contributed by atoms with E-state index in [4.69, 9.17) is 4.98 Å². The number of aryl methyl sites for hydroxylation is 1. The molecule has 4 rings (SSSR count). The fourth-order valence-corrected chi connectivity index (χ4v) is 4.19. The Kier molecular flexibility index (Phi) is 5.85. The number of anilines is 1. The first-order valence-electron chi connectivity index (χ1n) is 9.76. The van der Waals surface area contributed by atoms with E-state index in [1.54, 1.807) is 17.0 Å². The van der Waals surface area contributed by atoms with Crippen molar-refractivity contribution >= 4 is 22.6 Å². The van der Waals surface area contributed by atoms with Crippen molar-refractivity contribution in [2.24, 2.45) is 0 Å². The standard InChI is InChI=1S/C22H23FN4OS/c1-16-6-8-17(9-7-16)14-20-24-22(29-25-20)27-11-3-10-26(12-13-27)21(28)18-4-2-5-19(23)15-18/h2,4-9,15H,3,10-14H2,1H3. The molecular formula is C22H23FN4OS. The highest BCUT2D eigenvalue weighted by molar-refractivity contribution is 7.09. The highest BCUT2D eigenvalue weighted by Gasteiger charge is 2.22. The minimum atomic E-state index is -0.387. The summed E-state index contributed by atoms with van der Waals surface area (Å²) >= 11 is 1.41. The van der Waals surface area contributed by atoms with Gasteiger partial charge in [-0.1, -0.05) is 35.9 Å². The molecule has 0 bridgehead atoms. The van der Waals surface area contributed by atoms with Gasteiger partial charge in [0.2, 0.25) is 5.13 Å². The molecule has 0 radical (unpaired) electrons. The molecule has 2 heterocycles. The molecule has 1 aliphatic rings. The number of hydrogen-bond acceptors (Lipinski definition) is 5. The number of carbonyl (C=O) groups excluding carboxylic acids is 1. The Morgan fingerprint density at radius 2 is 1.93 bits per heavy atom. The third-order valence-corrected chi connectivity index (χ3v) is 5.88. The lowest BCUT2D eigenvalue weighted by Gasteiger charge is -2.21. The molecule has 1 aliphatic heterocycles. The Hall–Kier alpha value is -2.80. The van der Waals surface area contributed by atoms with Gasteiger partial charge in [-0.2, -0.15) is 4.37 Å². The van der Waals surface area contributed by atoms with Crippen molar-refractivity contribution in [3.63, 3.8) is 0 Å². The van der Waals surface area contributed by atoms with E-state index >= 15 is 0 Å². The summed E-state index contributed by atoms with van der Waals surface area (Å²) in [4.78, 5) is 21.4. The summed E-state index contributed by atoms with van der Waals surface area (Å²) in [7, 11) is 0. The summed E-state index contributed by atoms with van der Waals surface area (Å²) in [5.74, 6) is 0.316. The van der Waals surface area contributed by atoms with Crippen LogP contribution in [-0.2, 0) is 6.42 Å². The Morgan fingerprint density at radius 1 is 1.10 bits per heavy atom. The Morgan fingerprint density at radius 3 is 2.72 bits per heavy atom. The van der Waals surface area contributed by atoms with Crippen molar-refractivity contribution in [2.45, 2.75) is 19.8 Å². The first-order chi connectivity index (χ1) is 14.1. The predicted molar refractivity (Wildman–Crippen MR) is 113 cm³/mol. The summed E-state index contributed by atoms with van der Waals surface area (Å²) in [5.41, 5.74) is 2.83. The molecule has 2 aromatic carbocycles.